The molecule has 0 aromatic heterocycles. The molecule has 1 N–H and O–H groups in total. The van der Waals surface area contributed by atoms with Crippen molar-refractivity contribution >= 4 is 33.3 Å². The smallest absolute Gasteiger partial charge is 0.192 e. The summed E-state index contributed by atoms with van der Waals surface area (Å²) in [5, 5.41) is 10.8. The summed E-state index contributed by atoms with van der Waals surface area (Å²) in [5.74, 6) is 1.52. The van der Waals surface area contributed by atoms with Crippen LogP contribution in [0.3, 0.4) is 0 Å². The molecule has 4 aliphatic rings. The van der Waals surface area contributed by atoms with Gasteiger partial charge in [-0.15, -0.1) is 0 Å². The van der Waals surface area contributed by atoms with Gasteiger partial charge in [0.25, 0.3) is 0 Å². The van der Waals surface area contributed by atoms with Crippen LogP contribution in [0, 0.1) is 23.7 Å². The number of rotatable bonds is 10. The second-order valence-electron chi connectivity index (χ2n) is 22.4. The van der Waals surface area contributed by atoms with Crippen LogP contribution in [0.4, 0.5) is 0 Å². The van der Waals surface area contributed by atoms with Crippen LogP contribution in [0.15, 0.2) is 12.3 Å². The van der Waals surface area contributed by atoms with E-state index >= 15 is 0 Å². The van der Waals surface area contributed by atoms with Crippen molar-refractivity contribution < 1.29 is 32.3 Å². The van der Waals surface area contributed by atoms with Gasteiger partial charge >= 0.3 is 0 Å². The summed E-state index contributed by atoms with van der Waals surface area (Å²) in [6, 6.07) is 0. The van der Waals surface area contributed by atoms with Crippen molar-refractivity contribution in [1.29, 1.82) is 0 Å². The second-order valence-corrected chi connectivity index (χ2v) is 41.5. The van der Waals surface area contributed by atoms with Crippen LogP contribution in [-0.2, 0) is 27.2 Å². The van der Waals surface area contributed by atoms with E-state index in [2.05, 4.69) is 142 Å². The Bertz CT molecular complexity index is 1180. The highest BCUT2D eigenvalue weighted by molar-refractivity contribution is 6.75. The molecule has 0 radical (unpaired) electrons. The number of ether oxygens (including phenoxy) is 2. The van der Waals surface area contributed by atoms with Crippen molar-refractivity contribution in [2.24, 2.45) is 23.7 Å². The number of aliphatic hydroxyl groups excluding tert-OH is 1. The highest BCUT2D eigenvalue weighted by atomic mass is 28.4. The molecule has 53 heavy (non-hydrogen) atoms. The molecule has 2 heterocycles. The van der Waals surface area contributed by atoms with Crippen molar-refractivity contribution in [2.45, 2.75) is 220 Å². The van der Waals surface area contributed by atoms with E-state index in [1.165, 1.54) is 0 Å². The molecule has 0 spiro atoms. The summed E-state index contributed by atoms with van der Waals surface area (Å²) in [7, 11) is -7.20. The highest BCUT2D eigenvalue weighted by Gasteiger charge is 2.54. The average Bonchev–Trinajstić information content (AvgIpc) is 3.65. The fourth-order valence-electron chi connectivity index (χ4n) is 6.71. The summed E-state index contributed by atoms with van der Waals surface area (Å²) >= 11 is 0. The lowest BCUT2D eigenvalue weighted by atomic mass is 9.93. The third kappa shape index (κ3) is 12.1. The Morgan fingerprint density at radius 1 is 0.566 bits per heavy atom. The van der Waals surface area contributed by atoms with Crippen molar-refractivity contribution in [3.63, 3.8) is 0 Å². The Balaban J connectivity index is 0.000000511. The minimum atomic E-state index is -1.85. The summed E-state index contributed by atoms with van der Waals surface area (Å²) in [4.78, 5) is 0. The van der Waals surface area contributed by atoms with Crippen molar-refractivity contribution in [3.05, 3.63) is 12.3 Å². The first-order valence-corrected chi connectivity index (χ1v) is 31.6. The molecular weight excluding hydrogens is 729 g/mol. The third-order valence-electron chi connectivity index (χ3n) is 14.6. The van der Waals surface area contributed by atoms with Crippen LogP contribution < -0.4 is 0 Å². The normalized spacial score (nSPS) is 30.8. The number of hydrogen-bond acceptors (Lipinski definition) is 7. The van der Waals surface area contributed by atoms with Gasteiger partial charge in [0.2, 0.25) is 0 Å². The van der Waals surface area contributed by atoms with Crippen molar-refractivity contribution in [3.8, 4) is 0 Å². The molecule has 1 unspecified atom stereocenters. The predicted molar refractivity (Wildman–Crippen MR) is 237 cm³/mol. The molecule has 0 aromatic rings. The van der Waals surface area contributed by atoms with Gasteiger partial charge in [0.15, 0.2) is 39.6 Å². The van der Waals surface area contributed by atoms with E-state index in [1.54, 1.807) is 0 Å². The molecule has 0 amide bonds. The van der Waals surface area contributed by atoms with Crippen molar-refractivity contribution in [1.82, 2.24) is 0 Å². The zero-order chi connectivity index (χ0) is 39.4. The minimum absolute atomic E-state index is 0. The predicted octanol–water partition coefficient (Wildman–Crippen LogP) is 12.4. The SMILES string of the molecule is C.C.CC(C)(C)[Si](C)(C)OC[C@@H]1[C@H]2C=CO[C@H]2C[C@H]1O[Si](C)(C)C(C)(C)C.CC(C)(C)[Si](C)(C)OC[C@@H]1[C@H]2CC(O)O[C@H]2C[C@H]1O[Si](C)(C)C(C)(C)C. The molecule has 0 aromatic carbocycles. The molecule has 9 atom stereocenters. The monoisotopic (exact) mass is 819 g/mol. The maximum Gasteiger partial charge on any atom is 0.192 e. The zero-order valence-electron chi connectivity index (χ0n) is 36.8. The van der Waals surface area contributed by atoms with E-state index < -0.39 is 39.6 Å². The highest BCUT2D eigenvalue weighted by Crippen LogP contribution is 2.49. The Morgan fingerprint density at radius 3 is 1.36 bits per heavy atom. The summed E-state index contributed by atoms with van der Waals surface area (Å²) in [5.41, 5.74) is 0. The van der Waals surface area contributed by atoms with Gasteiger partial charge in [-0.25, -0.2) is 0 Å². The van der Waals surface area contributed by atoms with E-state index in [-0.39, 0.29) is 59.4 Å². The first-order chi connectivity index (χ1) is 22.7. The van der Waals surface area contributed by atoms with Gasteiger partial charge in [-0.05, 0) is 90.9 Å². The Morgan fingerprint density at radius 2 is 0.943 bits per heavy atom. The second kappa shape index (κ2) is 17.6. The van der Waals surface area contributed by atoms with Crippen LogP contribution in [0.25, 0.3) is 0 Å². The molecule has 11 heteroatoms. The minimum Gasteiger partial charge on any atom is -0.498 e. The van der Waals surface area contributed by atoms with Crippen LogP contribution in [0.1, 0.15) is 117 Å². The standard InChI is InChI=1S/C20H42O4Si2.C20H40O3Si2.2CH4/c1-19(2,3)25(7,8)22-13-15-14-11-18(21)23-16(14)12-17(15)24-26(9,10)20(4,5)6;1-19(2,3)24(7,8)22-14-16-15-11-12-21-17(15)13-18(16)23-25(9,10)20(4,5)6;;/h14-18,21H,11-13H2,1-10H3;11-12,15-18H,13-14H2,1-10H3;2*1H4/t14-,15-,16+,17-,18?;15-,16-,17+,18-;;/m11../s1. The molecule has 3 fully saturated rings. The van der Waals surface area contributed by atoms with E-state index in [0.717, 1.165) is 26.1 Å². The fourth-order valence-corrected chi connectivity index (χ4v) is 11.6. The van der Waals surface area contributed by atoms with E-state index in [4.69, 9.17) is 27.2 Å². The average molecular weight is 820 g/mol. The van der Waals surface area contributed by atoms with Gasteiger partial charge < -0.3 is 32.3 Å². The van der Waals surface area contributed by atoms with E-state index in [9.17, 15) is 5.11 Å². The van der Waals surface area contributed by atoms with Gasteiger partial charge in [0.05, 0.1) is 24.6 Å². The van der Waals surface area contributed by atoms with Crippen molar-refractivity contribution in [2.75, 3.05) is 13.2 Å². The fraction of sp³-hybridized carbons (Fsp3) is 0.952. The molecule has 2 aliphatic heterocycles. The lowest BCUT2D eigenvalue weighted by Crippen LogP contribution is -2.47. The lowest BCUT2D eigenvalue weighted by molar-refractivity contribution is -0.0947. The maximum atomic E-state index is 9.97. The van der Waals surface area contributed by atoms with Gasteiger partial charge in [-0.3, -0.25) is 0 Å². The van der Waals surface area contributed by atoms with Crippen LogP contribution in [-0.4, -0.2) is 82.3 Å². The summed E-state index contributed by atoms with van der Waals surface area (Å²) in [6.07, 6.45) is 6.94. The quantitative estimate of drug-likeness (QED) is 0.220. The molecule has 0 bridgehead atoms. The molecule has 2 aliphatic carbocycles. The van der Waals surface area contributed by atoms with Crippen LogP contribution in [0.2, 0.25) is 72.5 Å². The maximum absolute atomic E-state index is 9.97. The molecule has 2 saturated carbocycles. The van der Waals surface area contributed by atoms with Gasteiger partial charge in [0, 0.05) is 43.8 Å². The summed E-state index contributed by atoms with van der Waals surface area (Å²) in [6.45, 7) is 47.7. The molecule has 4 rings (SSSR count). The number of aliphatic hydroxyl groups is 1. The van der Waals surface area contributed by atoms with Crippen LogP contribution >= 0.6 is 0 Å². The Kier molecular flexibility index (Phi) is 17.0. The number of fused-ring (bicyclic) bond motifs is 2. The van der Waals surface area contributed by atoms with E-state index in [0.29, 0.717) is 30.1 Å². The number of hydrogen-bond donors (Lipinski definition) is 1. The summed E-state index contributed by atoms with van der Waals surface area (Å²) < 4.78 is 38.5. The third-order valence-corrected chi connectivity index (χ3v) is 32.6. The molecule has 316 valence electrons. The molecule has 1 saturated heterocycles. The lowest BCUT2D eigenvalue weighted by Gasteiger charge is -2.42. The Labute approximate surface area is 333 Å². The zero-order valence-corrected chi connectivity index (χ0v) is 40.8. The van der Waals surface area contributed by atoms with Gasteiger partial charge in [0.1, 0.15) is 6.10 Å². The molecular formula is C42H90O7Si4. The van der Waals surface area contributed by atoms with Gasteiger partial charge in [-0.1, -0.05) is 97.9 Å². The van der Waals surface area contributed by atoms with Gasteiger partial charge in [-0.2, -0.15) is 0 Å². The van der Waals surface area contributed by atoms with E-state index in [1.807, 2.05) is 6.26 Å². The first-order valence-electron chi connectivity index (χ1n) is 20.0. The topological polar surface area (TPSA) is 75.6 Å². The largest absolute Gasteiger partial charge is 0.498 e. The Hall–Kier alpha value is 0.168. The van der Waals surface area contributed by atoms with Crippen LogP contribution in [0.5, 0.6) is 0 Å². The first kappa shape index (κ1) is 51.2. The molecule has 7 nitrogen and oxygen atoms in total.